The molecule has 0 aromatic carbocycles. The lowest BCUT2D eigenvalue weighted by atomic mass is 10.4. The highest BCUT2D eigenvalue weighted by Gasteiger charge is 2.04. The summed E-state index contributed by atoms with van der Waals surface area (Å²) >= 11 is 0. The predicted molar refractivity (Wildman–Crippen MR) is 39.2 cm³/mol. The Bertz CT molecular complexity index is 291. The zero-order valence-electron chi connectivity index (χ0n) is 6.37. The van der Waals surface area contributed by atoms with Crippen LogP contribution in [0.25, 0.3) is 0 Å². The SMILES string of the molecule is COC(=O)Oc1cc(C=O)c[nH]1. The van der Waals surface area contributed by atoms with Crippen LogP contribution in [0.1, 0.15) is 10.4 Å². The van der Waals surface area contributed by atoms with Crippen molar-refractivity contribution in [1.29, 1.82) is 0 Å². The van der Waals surface area contributed by atoms with Gasteiger partial charge in [0.05, 0.1) is 7.11 Å². The number of aldehydes is 1. The Kier molecular flexibility index (Phi) is 2.47. The first-order valence-corrected chi connectivity index (χ1v) is 3.15. The maximum atomic E-state index is 10.5. The number of H-pyrrole nitrogens is 1. The second-order valence-electron chi connectivity index (χ2n) is 1.97. The molecule has 12 heavy (non-hydrogen) atoms. The normalized spacial score (nSPS) is 9.08. The van der Waals surface area contributed by atoms with Gasteiger partial charge in [-0.15, -0.1) is 0 Å². The number of ether oxygens (including phenoxy) is 2. The van der Waals surface area contributed by atoms with Gasteiger partial charge in [-0.05, 0) is 0 Å². The first-order valence-electron chi connectivity index (χ1n) is 3.15. The molecule has 1 heterocycles. The summed E-state index contributed by atoms with van der Waals surface area (Å²) in [7, 11) is 1.20. The highest BCUT2D eigenvalue weighted by atomic mass is 16.7. The van der Waals surface area contributed by atoms with Gasteiger partial charge < -0.3 is 14.5 Å². The molecule has 0 spiro atoms. The third kappa shape index (κ3) is 1.85. The second kappa shape index (κ2) is 3.56. The predicted octanol–water partition coefficient (Wildman–Crippen LogP) is 0.972. The van der Waals surface area contributed by atoms with Crippen LogP contribution in [0.4, 0.5) is 4.79 Å². The Labute approximate surface area is 68.3 Å². The number of nitrogens with one attached hydrogen (secondary N) is 1. The molecule has 1 aromatic rings. The van der Waals surface area contributed by atoms with Crippen LogP contribution in [0.3, 0.4) is 0 Å². The summed E-state index contributed by atoms with van der Waals surface area (Å²) in [6, 6.07) is 1.39. The summed E-state index contributed by atoms with van der Waals surface area (Å²) in [5.74, 6) is 0.184. The van der Waals surface area contributed by atoms with Crippen LogP contribution in [0.5, 0.6) is 5.88 Å². The van der Waals surface area contributed by atoms with Gasteiger partial charge in [0.15, 0.2) is 6.29 Å². The molecule has 0 amide bonds. The molecule has 5 nitrogen and oxygen atoms in total. The Morgan fingerprint density at radius 1 is 1.67 bits per heavy atom. The molecule has 0 saturated carbocycles. The quantitative estimate of drug-likeness (QED) is 0.529. The Morgan fingerprint density at radius 2 is 2.42 bits per heavy atom. The maximum Gasteiger partial charge on any atom is 0.514 e. The van der Waals surface area contributed by atoms with Crippen molar-refractivity contribution in [2.75, 3.05) is 7.11 Å². The molecule has 1 rings (SSSR count). The summed E-state index contributed by atoms with van der Waals surface area (Å²) < 4.78 is 8.80. The number of carbonyl (C=O) groups excluding carboxylic acids is 2. The lowest BCUT2D eigenvalue weighted by molar-refractivity contribution is 0.112. The van der Waals surface area contributed by atoms with Gasteiger partial charge in [-0.25, -0.2) is 4.79 Å². The van der Waals surface area contributed by atoms with Crippen molar-refractivity contribution in [3.8, 4) is 5.88 Å². The molecule has 0 radical (unpaired) electrons. The van der Waals surface area contributed by atoms with Crippen LogP contribution in [-0.2, 0) is 4.74 Å². The minimum atomic E-state index is -0.825. The number of methoxy groups -OCH3 is 1. The first kappa shape index (κ1) is 8.32. The molecule has 0 fully saturated rings. The van der Waals surface area contributed by atoms with Crippen molar-refractivity contribution < 1.29 is 19.1 Å². The van der Waals surface area contributed by atoms with Crippen molar-refractivity contribution in [2.24, 2.45) is 0 Å². The van der Waals surface area contributed by atoms with Crippen molar-refractivity contribution in [2.45, 2.75) is 0 Å². The maximum absolute atomic E-state index is 10.5. The lowest BCUT2D eigenvalue weighted by Crippen LogP contribution is -2.07. The van der Waals surface area contributed by atoms with Crippen LogP contribution in [0, 0.1) is 0 Å². The van der Waals surface area contributed by atoms with Gasteiger partial charge >= 0.3 is 6.16 Å². The molecule has 64 valence electrons. The van der Waals surface area contributed by atoms with Crippen LogP contribution >= 0.6 is 0 Å². The Hall–Kier alpha value is -1.78. The summed E-state index contributed by atoms with van der Waals surface area (Å²) in [6.45, 7) is 0. The topological polar surface area (TPSA) is 68.4 Å². The Morgan fingerprint density at radius 3 is 2.92 bits per heavy atom. The van der Waals surface area contributed by atoms with Gasteiger partial charge in [-0.2, -0.15) is 0 Å². The molecule has 0 aliphatic rings. The van der Waals surface area contributed by atoms with E-state index in [0.717, 1.165) is 0 Å². The summed E-state index contributed by atoms with van der Waals surface area (Å²) in [5, 5.41) is 0. The van der Waals surface area contributed by atoms with E-state index in [1.54, 1.807) is 0 Å². The minimum Gasteiger partial charge on any atom is -0.437 e. The molecule has 5 heteroatoms. The van der Waals surface area contributed by atoms with E-state index in [1.165, 1.54) is 19.4 Å². The molecule has 0 aliphatic carbocycles. The number of carbonyl (C=O) groups is 2. The van der Waals surface area contributed by atoms with Crippen LogP contribution < -0.4 is 4.74 Å². The second-order valence-corrected chi connectivity index (χ2v) is 1.97. The van der Waals surface area contributed by atoms with E-state index in [2.05, 4.69) is 14.5 Å². The van der Waals surface area contributed by atoms with E-state index in [0.29, 0.717) is 11.8 Å². The Balaban J connectivity index is 2.63. The number of aromatic nitrogens is 1. The number of rotatable bonds is 2. The fourth-order valence-electron chi connectivity index (χ4n) is 0.648. The average Bonchev–Trinajstić information content (AvgIpc) is 2.52. The largest absolute Gasteiger partial charge is 0.514 e. The van der Waals surface area contributed by atoms with Gasteiger partial charge in [0.1, 0.15) is 0 Å². The molecule has 0 bridgehead atoms. The molecule has 1 aromatic heterocycles. The van der Waals surface area contributed by atoms with Gasteiger partial charge in [0.25, 0.3) is 0 Å². The third-order valence-corrected chi connectivity index (χ3v) is 1.17. The van der Waals surface area contributed by atoms with Gasteiger partial charge in [-0.3, -0.25) is 4.79 Å². The monoisotopic (exact) mass is 169 g/mol. The van der Waals surface area contributed by atoms with E-state index in [-0.39, 0.29) is 5.88 Å². The molecule has 0 atom stereocenters. The number of hydrogen-bond acceptors (Lipinski definition) is 4. The fourth-order valence-corrected chi connectivity index (χ4v) is 0.648. The van der Waals surface area contributed by atoms with Gasteiger partial charge in [0, 0.05) is 17.8 Å². The average molecular weight is 169 g/mol. The molecular weight excluding hydrogens is 162 g/mol. The van der Waals surface area contributed by atoms with Gasteiger partial charge in [-0.1, -0.05) is 0 Å². The summed E-state index contributed by atoms with van der Waals surface area (Å²) in [5.41, 5.74) is 0.411. The molecule has 0 saturated heterocycles. The third-order valence-electron chi connectivity index (χ3n) is 1.17. The van der Waals surface area contributed by atoms with Crippen LogP contribution in [-0.4, -0.2) is 24.5 Å². The smallest absolute Gasteiger partial charge is 0.437 e. The van der Waals surface area contributed by atoms with Crippen molar-refractivity contribution in [3.63, 3.8) is 0 Å². The zero-order valence-corrected chi connectivity index (χ0v) is 6.37. The lowest BCUT2D eigenvalue weighted by Gasteiger charge is -1.96. The zero-order chi connectivity index (χ0) is 8.97. The minimum absolute atomic E-state index is 0.184. The van der Waals surface area contributed by atoms with Crippen LogP contribution in [0.2, 0.25) is 0 Å². The molecule has 0 aliphatic heterocycles. The summed E-state index contributed by atoms with van der Waals surface area (Å²) in [4.78, 5) is 23.3. The number of aromatic amines is 1. The van der Waals surface area contributed by atoms with E-state index in [1.807, 2.05) is 0 Å². The summed E-state index contributed by atoms with van der Waals surface area (Å²) in [6.07, 6.45) is 1.24. The van der Waals surface area contributed by atoms with Crippen LogP contribution in [0.15, 0.2) is 12.3 Å². The van der Waals surface area contributed by atoms with Crippen molar-refractivity contribution in [1.82, 2.24) is 4.98 Å². The highest BCUT2D eigenvalue weighted by Crippen LogP contribution is 2.09. The van der Waals surface area contributed by atoms with Crippen molar-refractivity contribution in [3.05, 3.63) is 17.8 Å². The highest BCUT2D eigenvalue weighted by molar-refractivity contribution is 5.75. The van der Waals surface area contributed by atoms with E-state index in [4.69, 9.17) is 0 Å². The molecule has 1 N–H and O–H groups in total. The van der Waals surface area contributed by atoms with Gasteiger partial charge in [0.2, 0.25) is 5.88 Å². The van der Waals surface area contributed by atoms with Crippen molar-refractivity contribution >= 4 is 12.4 Å². The molecule has 0 unspecified atom stereocenters. The standard InChI is InChI=1S/C7H7NO4/c1-11-7(10)12-6-2-5(4-9)3-8-6/h2-4,8H,1H3. The fraction of sp³-hybridized carbons (Fsp3) is 0.143. The van der Waals surface area contributed by atoms with E-state index >= 15 is 0 Å². The number of hydrogen-bond donors (Lipinski definition) is 1. The van der Waals surface area contributed by atoms with E-state index in [9.17, 15) is 9.59 Å². The first-order chi connectivity index (χ1) is 5.76. The molecular formula is C7H7NO4. The van der Waals surface area contributed by atoms with E-state index < -0.39 is 6.16 Å².